The normalized spacial score (nSPS) is 16.0. The van der Waals surface area contributed by atoms with Crippen molar-refractivity contribution in [1.29, 1.82) is 0 Å². The minimum Gasteiger partial charge on any atom is -0.352 e. The van der Waals surface area contributed by atoms with Crippen LogP contribution in [0.3, 0.4) is 0 Å². The molecule has 0 aromatic carbocycles. The van der Waals surface area contributed by atoms with Gasteiger partial charge in [0, 0.05) is 19.1 Å². The van der Waals surface area contributed by atoms with Gasteiger partial charge < -0.3 is 10.2 Å². The Balaban J connectivity index is 1.81. The maximum Gasteiger partial charge on any atom is 0.243 e. The smallest absolute Gasteiger partial charge is 0.243 e. The average Bonchev–Trinajstić information content (AvgIpc) is 3.01. The third kappa shape index (κ3) is 3.88. The zero-order valence-corrected chi connectivity index (χ0v) is 13.0. The third-order valence-corrected chi connectivity index (χ3v) is 4.20. The van der Waals surface area contributed by atoms with Crippen LogP contribution < -0.4 is 5.32 Å². The number of rotatable bonds is 7. The summed E-state index contributed by atoms with van der Waals surface area (Å²) >= 11 is 0. The van der Waals surface area contributed by atoms with Gasteiger partial charge in [0.2, 0.25) is 5.95 Å². The first-order chi connectivity index (χ1) is 9.74. The van der Waals surface area contributed by atoms with Crippen LogP contribution in [0.4, 0.5) is 5.95 Å². The number of hydrogen-bond donors (Lipinski definition) is 1. The van der Waals surface area contributed by atoms with Crippen LogP contribution in [0.2, 0.25) is 0 Å². The summed E-state index contributed by atoms with van der Waals surface area (Å²) in [5.74, 6) is 0.666. The van der Waals surface area contributed by atoms with E-state index in [0.29, 0.717) is 5.95 Å². The Morgan fingerprint density at radius 2 is 1.80 bits per heavy atom. The lowest BCUT2D eigenvalue weighted by atomic mass is 10.2. The molecule has 1 aliphatic carbocycles. The average molecular weight is 277 g/mol. The second-order valence-corrected chi connectivity index (χ2v) is 5.58. The van der Waals surface area contributed by atoms with Gasteiger partial charge >= 0.3 is 0 Å². The molecule has 5 heteroatoms. The summed E-state index contributed by atoms with van der Waals surface area (Å²) in [6.07, 6.45) is 7.27. The molecule has 0 atom stereocenters. The molecule has 1 aliphatic rings. The highest BCUT2D eigenvalue weighted by molar-refractivity contribution is 5.25. The number of nitrogens with zero attached hydrogens (tertiary/aromatic N) is 4. The summed E-state index contributed by atoms with van der Waals surface area (Å²) in [5, 5.41) is 11.7. The quantitative estimate of drug-likeness (QED) is 0.828. The molecule has 0 aliphatic heterocycles. The fourth-order valence-corrected chi connectivity index (χ4v) is 2.88. The van der Waals surface area contributed by atoms with Crippen LogP contribution >= 0.6 is 0 Å². The Kier molecular flexibility index (Phi) is 5.71. The van der Waals surface area contributed by atoms with Crippen molar-refractivity contribution >= 4 is 5.95 Å². The molecule has 1 aromatic heterocycles. The van der Waals surface area contributed by atoms with Gasteiger partial charge in [-0.05, 0) is 32.7 Å². The van der Waals surface area contributed by atoms with Crippen molar-refractivity contribution in [2.45, 2.75) is 58.4 Å². The Bertz CT molecular complexity index is 415. The number of hydrogen-bond acceptors (Lipinski definition) is 5. The summed E-state index contributed by atoms with van der Waals surface area (Å²) in [6.45, 7) is 6.11. The minimum absolute atomic E-state index is 0.666. The topological polar surface area (TPSA) is 53.9 Å². The van der Waals surface area contributed by atoms with Gasteiger partial charge in [-0.1, -0.05) is 26.7 Å². The summed E-state index contributed by atoms with van der Waals surface area (Å²) in [7, 11) is 2.22. The molecule has 0 radical (unpaired) electrons. The molecular formula is C15H27N5. The first-order valence-electron chi connectivity index (χ1n) is 7.91. The van der Waals surface area contributed by atoms with Crippen molar-refractivity contribution in [1.82, 2.24) is 20.1 Å². The number of likely N-dealkylation sites (N-methyl/N-ethyl adjacent to an activating group) is 1. The van der Waals surface area contributed by atoms with E-state index in [4.69, 9.17) is 0 Å². The van der Waals surface area contributed by atoms with Crippen LogP contribution in [-0.2, 0) is 12.8 Å². The van der Waals surface area contributed by atoms with E-state index in [1.54, 1.807) is 0 Å². The number of aryl methyl sites for hydroxylation is 2. The zero-order valence-electron chi connectivity index (χ0n) is 13.0. The van der Waals surface area contributed by atoms with E-state index in [1.165, 1.54) is 25.7 Å². The first-order valence-corrected chi connectivity index (χ1v) is 7.91. The van der Waals surface area contributed by atoms with Gasteiger partial charge in [0.25, 0.3) is 0 Å². The fraction of sp³-hybridized carbons (Fsp3) is 0.800. The molecule has 20 heavy (non-hydrogen) atoms. The molecule has 5 nitrogen and oxygen atoms in total. The summed E-state index contributed by atoms with van der Waals surface area (Å²) in [4.78, 5) is 7.01. The SMILES string of the molecule is CCc1nnc(NCCN(C)C2CCCC2)nc1CC. The van der Waals surface area contributed by atoms with Crippen molar-refractivity contribution in [2.75, 3.05) is 25.5 Å². The number of aromatic nitrogens is 3. The molecule has 0 spiro atoms. The summed E-state index contributed by atoms with van der Waals surface area (Å²) in [6, 6.07) is 0.768. The highest BCUT2D eigenvalue weighted by atomic mass is 15.3. The predicted molar refractivity (Wildman–Crippen MR) is 82.0 cm³/mol. The van der Waals surface area contributed by atoms with Gasteiger partial charge in [-0.3, -0.25) is 0 Å². The molecule has 1 heterocycles. The number of nitrogens with one attached hydrogen (secondary N) is 1. The lowest BCUT2D eigenvalue weighted by molar-refractivity contribution is 0.254. The van der Waals surface area contributed by atoms with Crippen molar-refractivity contribution in [2.24, 2.45) is 0 Å². The molecule has 1 fully saturated rings. The highest BCUT2D eigenvalue weighted by Gasteiger charge is 2.18. The second-order valence-electron chi connectivity index (χ2n) is 5.58. The molecule has 112 valence electrons. The zero-order chi connectivity index (χ0) is 14.4. The van der Waals surface area contributed by atoms with Crippen molar-refractivity contribution in [3.05, 3.63) is 11.4 Å². The van der Waals surface area contributed by atoms with E-state index in [2.05, 4.69) is 46.3 Å². The molecule has 0 amide bonds. The molecule has 2 rings (SSSR count). The van der Waals surface area contributed by atoms with E-state index in [9.17, 15) is 0 Å². The summed E-state index contributed by atoms with van der Waals surface area (Å²) < 4.78 is 0. The van der Waals surface area contributed by atoms with Gasteiger partial charge in [0.1, 0.15) is 0 Å². The Morgan fingerprint density at radius 3 is 2.45 bits per heavy atom. The van der Waals surface area contributed by atoms with Crippen LogP contribution in [0.15, 0.2) is 0 Å². The maximum absolute atomic E-state index is 4.55. The van der Waals surface area contributed by atoms with E-state index >= 15 is 0 Å². The highest BCUT2D eigenvalue weighted by Crippen LogP contribution is 2.21. The van der Waals surface area contributed by atoms with Crippen molar-refractivity contribution < 1.29 is 0 Å². The minimum atomic E-state index is 0.666. The van der Waals surface area contributed by atoms with Crippen LogP contribution in [0, 0.1) is 0 Å². The van der Waals surface area contributed by atoms with Gasteiger partial charge in [0.05, 0.1) is 11.4 Å². The monoisotopic (exact) mass is 277 g/mol. The standard InChI is InChI=1S/C15H27N5/c1-4-13-14(5-2)18-19-15(17-13)16-10-11-20(3)12-8-6-7-9-12/h12H,4-11H2,1-3H3,(H,16,17,19). The molecule has 1 aromatic rings. The van der Waals surface area contributed by atoms with Crippen LogP contribution in [0.5, 0.6) is 0 Å². The number of anilines is 1. The van der Waals surface area contributed by atoms with Gasteiger partial charge in [-0.2, -0.15) is 5.10 Å². The van der Waals surface area contributed by atoms with Crippen molar-refractivity contribution in [3.63, 3.8) is 0 Å². The fourth-order valence-electron chi connectivity index (χ4n) is 2.88. The third-order valence-electron chi connectivity index (χ3n) is 4.20. The predicted octanol–water partition coefficient (Wildman–Crippen LogP) is 2.28. The van der Waals surface area contributed by atoms with Gasteiger partial charge in [-0.25, -0.2) is 4.98 Å². The van der Waals surface area contributed by atoms with E-state index in [-0.39, 0.29) is 0 Å². The van der Waals surface area contributed by atoms with Crippen LogP contribution in [-0.4, -0.2) is 46.3 Å². The molecular weight excluding hydrogens is 250 g/mol. The Labute approximate surface area is 122 Å². The van der Waals surface area contributed by atoms with E-state index in [0.717, 1.165) is 43.4 Å². The van der Waals surface area contributed by atoms with E-state index < -0.39 is 0 Å². The van der Waals surface area contributed by atoms with Gasteiger partial charge in [-0.15, -0.1) is 5.10 Å². The van der Waals surface area contributed by atoms with Crippen LogP contribution in [0.1, 0.15) is 50.9 Å². The molecule has 0 unspecified atom stereocenters. The van der Waals surface area contributed by atoms with Gasteiger partial charge in [0.15, 0.2) is 0 Å². The van der Waals surface area contributed by atoms with Crippen molar-refractivity contribution in [3.8, 4) is 0 Å². The molecule has 0 saturated heterocycles. The van der Waals surface area contributed by atoms with E-state index in [1.807, 2.05) is 0 Å². The Morgan fingerprint density at radius 1 is 1.10 bits per heavy atom. The molecule has 1 saturated carbocycles. The van der Waals surface area contributed by atoms with Crippen LogP contribution in [0.25, 0.3) is 0 Å². The largest absolute Gasteiger partial charge is 0.352 e. The maximum atomic E-state index is 4.55. The molecule has 1 N–H and O–H groups in total. The Hall–Kier alpha value is -1.23. The lowest BCUT2D eigenvalue weighted by Gasteiger charge is -2.23. The summed E-state index contributed by atoms with van der Waals surface area (Å²) in [5.41, 5.74) is 2.08. The first kappa shape index (κ1) is 15.2. The molecule has 0 bridgehead atoms. The second kappa shape index (κ2) is 7.53. The lowest BCUT2D eigenvalue weighted by Crippen LogP contribution is -2.33.